The zero-order valence-corrected chi connectivity index (χ0v) is 8.63. The first-order chi connectivity index (χ1) is 7.22. The van der Waals surface area contributed by atoms with Crippen molar-refractivity contribution in [3.05, 3.63) is 41.3 Å². The number of rotatable bonds is 2. The van der Waals surface area contributed by atoms with E-state index in [1.807, 2.05) is 19.1 Å². The van der Waals surface area contributed by atoms with Gasteiger partial charge >= 0.3 is 0 Å². The molecular formula is C12H13FN2. The van der Waals surface area contributed by atoms with E-state index in [0.717, 1.165) is 16.6 Å². The van der Waals surface area contributed by atoms with Gasteiger partial charge in [0.1, 0.15) is 11.3 Å². The zero-order chi connectivity index (χ0) is 10.8. The van der Waals surface area contributed by atoms with Crippen LogP contribution in [0.15, 0.2) is 24.3 Å². The Labute approximate surface area is 87.9 Å². The Morgan fingerprint density at radius 3 is 2.93 bits per heavy atom. The first-order valence-corrected chi connectivity index (χ1v) is 4.97. The van der Waals surface area contributed by atoms with E-state index in [2.05, 4.69) is 4.98 Å². The van der Waals surface area contributed by atoms with Crippen LogP contribution in [0.1, 0.15) is 11.3 Å². The molecular weight excluding hydrogens is 191 g/mol. The highest BCUT2D eigenvalue weighted by Crippen LogP contribution is 2.19. The predicted octanol–water partition coefficient (Wildman–Crippen LogP) is 2.18. The van der Waals surface area contributed by atoms with Gasteiger partial charge in [-0.1, -0.05) is 12.1 Å². The van der Waals surface area contributed by atoms with Crippen molar-refractivity contribution in [2.75, 3.05) is 6.54 Å². The molecule has 3 heteroatoms. The highest BCUT2D eigenvalue weighted by atomic mass is 19.1. The van der Waals surface area contributed by atoms with Crippen molar-refractivity contribution >= 4 is 10.9 Å². The topological polar surface area (TPSA) is 38.9 Å². The van der Waals surface area contributed by atoms with E-state index in [-0.39, 0.29) is 5.82 Å². The van der Waals surface area contributed by atoms with Gasteiger partial charge in [0.05, 0.1) is 0 Å². The number of aromatic nitrogens is 1. The van der Waals surface area contributed by atoms with Gasteiger partial charge in [-0.3, -0.25) is 0 Å². The molecule has 0 fully saturated rings. The monoisotopic (exact) mass is 204 g/mol. The minimum atomic E-state index is -0.272. The van der Waals surface area contributed by atoms with Crippen LogP contribution in [0.25, 0.3) is 10.9 Å². The van der Waals surface area contributed by atoms with E-state index < -0.39 is 0 Å². The van der Waals surface area contributed by atoms with Crippen molar-refractivity contribution in [3.63, 3.8) is 0 Å². The maximum atomic E-state index is 13.4. The van der Waals surface area contributed by atoms with Crippen LogP contribution in [0.4, 0.5) is 4.39 Å². The third kappa shape index (κ3) is 1.83. The number of aryl methyl sites for hydroxylation is 1. The highest BCUT2D eigenvalue weighted by molar-refractivity contribution is 5.80. The quantitative estimate of drug-likeness (QED) is 0.814. The van der Waals surface area contributed by atoms with E-state index in [0.29, 0.717) is 18.5 Å². The summed E-state index contributed by atoms with van der Waals surface area (Å²) in [5.41, 5.74) is 7.87. The Kier molecular flexibility index (Phi) is 2.64. The zero-order valence-electron chi connectivity index (χ0n) is 8.63. The lowest BCUT2D eigenvalue weighted by atomic mass is 10.1. The van der Waals surface area contributed by atoms with Gasteiger partial charge in [0.15, 0.2) is 0 Å². The van der Waals surface area contributed by atoms with Crippen LogP contribution in [-0.4, -0.2) is 11.5 Å². The summed E-state index contributed by atoms with van der Waals surface area (Å²) in [6, 6.07) is 6.94. The molecule has 0 atom stereocenters. The van der Waals surface area contributed by atoms with Crippen LogP contribution in [0.2, 0.25) is 0 Å². The fourth-order valence-corrected chi connectivity index (χ4v) is 1.70. The molecule has 2 N–H and O–H groups in total. The minimum Gasteiger partial charge on any atom is -0.330 e. The molecule has 0 saturated heterocycles. The van der Waals surface area contributed by atoms with E-state index in [1.54, 1.807) is 6.07 Å². The van der Waals surface area contributed by atoms with E-state index in [4.69, 9.17) is 5.73 Å². The van der Waals surface area contributed by atoms with Gasteiger partial charge in [-0.05, 0) is 31.2 Å². The van der Waals surface area contributed by atoms with E-state index in [9.17, 15) is 4.39 Å². The Bertz CT molecular complexity index is 494. The van der Waals surface area contributed by atoms with Crippen molar-refractivity contribution in [3.8, 4) is 0 Å². The minimum absolute atomic E-state index is 0.272. The molecule has 0 aliphatic heterocycles. The summed E-state index contributed by atoms with van der Waals surface area (Å²) in [6.07, 6.45) is 0.691. The number of benzene rings is 1. The van der Waals surface area contributed by atoms with Crippen LogP contribution in [0.5, 0.6) is 0 Å². The number of fused-ring (bicyclic) bond motifs is 1. The molecule has 0 saturated carbocycles. The third-order valence-electron chi connectivity index (χ3n) is 2.47. The average Bonchev–Trinajstić information content (AvgIpc) is 2.21. The molecule has 0 aliphatic rings. The molecule has 0 aliphatic carbocycles. The average molecular weight is 204 g/mol. The molecule has 78 valence electrons. The molecule has 0 spiro atoms. The summed E-state index contributed by atoms with van der Waals surface area (Å²) in [4.78, 5) is 4.31. The molecule has 0 unspecified atom stereocenters. The Hall–Kier alpha value is -1.48. The van der Waals surface area contributed by atoms with Crippen LogP contribution in [0, 0.1) is 12.7 Å². The van der Waals surface area contributed by atoms with Gasteiger partial charge in [0.25, 0.3) is 0 Å². The van der Waals surface area contributed by atoms with Crippen molar-refractivity contribution < 1.29 is 4.39 Å². The number of pyridine rings is 1. The molecule has 0 radical (unpaired) electrons. The number of halogens is 1. The first kappa shape index (κ1) is 10.1. The molecule has 1 aromatic heterocycles. The molecule has 1 aromatic carbocycles. The maximum absolute atomic E-state index is 13.4. The predicted molar refractivity (Wildman–Crippen MR) is 59.2 cm³/mol. The van der Waals surface area contributed by atoms with Gasteiger partial charge in [0, 0.05) is 17.5 Å². The lowest BCUT2D eigenvalue weighted by molar-refractivity contribution is 0.636. The molecule has 15 heavy (non-hydrogen) atoms. The maximum Gasteiger partial charge on any atom is 0.149 e. The Morgan fingerprint density at radius 1 is 1.40 bits per heavy atom. The number of nitrogens with two attached hydrogens (primary N) is 1. The third-order valence-corrected chi connectivity index (χ3v) is 2.47. The fourth-order valence-electron chi connectivity index (χ4n) is 1.70. The van der Waals surface area contributed by atoms with Crippen molar-refractivity contribution in [2.24, 2.45) is 5.73 Å². The normalized spacial score (nSPS) is 10.9. The second-order valence-corrected chi connectivity index (χ2v) is 3.60. The summed E-state index contributed by atoms with van der Waals surface area (Å²) >= 11 is 0. The smallest absolute Gasteiger partial charge is 0.149 e. The standard InChI is InChI=1S/C12H13FN2/c1-8-7-9-3-2-4-10(13)12(9)15-11(8)5-6-14/h2-4,7H,5-6,14H2,1H3. The highest BCUT2D eigenvalue weighted by Gasteiger charge is 2.05. The van der Waals surface area contributed by atoms with Gasteiger partial charge in [0.2, 0.25) is 0 Å². The van der Waals surface area contributed by atoms with Gasteiger partial charge in [-0.15, -0.1) is 0 Å². The Balaban J connectivity index is 2.66. The summed E-state index contributed by atoms with van der Waals surface area (Å²) in [5, 5.41) is 0.841. The van der Waals surface area contributed by atoms with Gasteiger partial charge in [-0.2, -0.15) is 0 Å². The van der Waals surface area contributed by atoms with Crippen molar-refractivity contribution in [1.29, 1.82) is 0 Å². The molecule has 0 amide bonds. The first-order valence-electron chi connectivity index (χ1n) is 4.97. The number of hydrogen-bond donors (Lipinski definition) is 1. The summed E-state index contributed by atoms with van der Waals surface area (Å²) < 4.78 is 13.4. The van der Waals surface area contributed by atoms with Crippen LogP contribution in [0.3, 0.4) is 0 Å². The van der Waals surface area contributed by atoms with E-state index >= 15 is 0 Å². The fraction of sp³-hybridized carbons (Fsp3) is 0.250. The van der Waals surface area contributed by atoms with Gasteiger partial charge in [-0.25, -0.2) is 9.37 Å². The van der Waals surface area contributed by atoms with Gasteiger partial charge < -0.3 is 5.73 Å². The largest absolute Gasteiger partial charge is 0.330 e. The molecule has 1 heterocycles. The van der Waals surface area contributed by atoms with Crippen LogP contribution in [-0.2, 0) is 6.42 Å². The molecule has 0 bridgehead atoms. The molecule has 2 nitrogen and oxygen atoms in total. The molecule has 2 aromatic rings. The second-order valence-electron chi connectivity index (χ2n) is 3.60. The SMILES string of the molecule is Cc1cc2cccc(F)c2nc1CCN. The van der Waals surface area contributed by atoms with Crippen molar-refractivity contribution in [2.45, 2.75) is 13.3 Å². The number of nitrogens with zero attached hydrogens (tertiary/aromatic N) is 1. The lowest BCUT2D eigenvalue weighted by Crippen LogP contribution is -2.06. The van der Waals surface area contributed by atoms with Crippen molar-refractivity contribution in [1.82, 2.24) is 4.98 Å². The summed E-state index contributed by atoms with van der Waals surface area (Å²) in [6.45, 7) is 2.51. The van der Waals surface area contributed by atoms with E-state index in [1.165, 1.54) is 6.07 Å². The van der Waals surface area contributed by atoms with Crippen LogP contribution >= 0.6 is 0 Å². The lowest BCUT2D eigenvalue weighted by Gasteiger charge is -2.06. The van der Waals surface area contributed by atoms with Crippen LogP contribution < -0.4 is 5.73 Å². The molecule has 2 rings (SSSR count). The summed E-state index contributed by atoms with van der Waals surface area (Å²) in [5.74, 6) is -0.272. The Morgan fingerprint density at radius 2 is 2.20 bits per heavy atom. The summed E-state index contributed by atoms with van der Waals surface area (Å²) in [7, 11) is 0. The number of para-hydroxylation sites is 1. The number of hydrogen-bond acceptors (Lipinski definition) is 2. The second kappa shape index (κ2) is 3.95.